The van der Waals surface area contributed by atoms with Gasteiger partial charge in [-0.1, -0.05) is 18.9 Å². The largest absolute Gasteiger partial charge is 0.388 e. The van der Waals surface area contributed by atoms with Crippen molar-refractivity contribution in [2.75, 3.05) is 39.3 Å². The second-order valence-corrected chi connectivity index (χ2v) is 8.69. The van der Waals surface area contributed by atoms with E-state index in [1.165, 1.54) is 4.88 Å². The lowest BCUT2D eigenvalue weighted by Gasteiger charge is -2.37. The lowest BCUT2D eigenvalue weighted by atomic mass is 10.0. The maximum Gasteiger partial charge on any atom is 0.191 e. The van der Waals surface area contributed by atoms with Crippen LogP contribution >= 0.6 is 11.3 Å². The monoisotopic (exact) mass is 394 g/mol. The fourth-order valence-electron chi connectivity index (χ4n) is 3.97. The number of aliphatic hydroxyl groups is 1. The van der Waals surface area contributed by atoms with E-state index in [2.05, 4.69) is 51.9 Å². The van der Waals surface area contributed by atoms with Crippen LogP contribution in [0.25, 0.3) is 0 Å². The number of nitrogens with one attached hydrogen (secondary N) is 2. The topological polar surface area (TPSA) is 69.1 Å². The number of rotatable bonds is 7. The number of hydrogen-bond donors (Lipinski definition) is 3. The zero-order chi connectivity index (χ0) is 19.1. The summed E-state index contributed by atoms with van der Waals surface area (Å²) in [5, 5.41) is 19.6. The lowest BCUT2D eigenvalue weighted by molar-refractivity contribution is -0.0334. The molecule has 2 unspecified atom stereocenters. The molecule has 3 N–H and O–H groups in total. The van der Waals surface area contributed by atoms with Crippen LogP contribution in [-0.2, 0) is 4.74 Å². The molecule has 1 aliphatic heterocycles. The summed E-state index contributed by atoms with van der Waals surface area (Å²) in [6.07, 6.45) is 4.19. The molecule has 0 aromatic carbocycles. The molecule has 1 saturated heterocycles. The van der Waals surface area contributed by atoms with Crippen molar-refractivity contribution in [1.82, 2.24) is 15.5 Å². The molecule has 0 amide bonds. The van der Waals surface area contributed by atoms with Crippen molar-refractivity contribution >= 4 is 17.3 Å². The summed E-state index contributed by atoms with van der Waals surface area (Å²) < 4.78 is 5.72. The maximum absolute atomic E-state index is 10.6. The molecule has 0 bridgehead atoms. The molecule has 1 aliphatic carbocycles. The van der Waals surface area contributed by atoms with Crippen LogP contribution in [0.3, 0.4) is 0 Å². The van der Waals surface area contributed by atoms with Crippen LogP contribution < -0.4 is 10.6 Å². The lowest BCUT2D eigenvalue weighted by Crippen LogP contribution is -2.48. The van der Waals surface area contributed by atoms with Crippen LogP contribution in [0.2, 0.25) is 0 Å². The van der Waals surface area contributed by atoms with Gasteiger partial charge < -0.3 is 20.5 Å². The Morgan fingerprint density at radius 1 is 1.44 bits per heavy atom. The zero-order valence-electron chi connectivity index (χ0n) is 16.6. The molecule has 1 aromatic heterocycles. The third-order valence-electron chi connectivity index (χ3n) is 5.46. The Bertz CT molecular complexity index is 587. The Morgan fingerprint density at radius 3 is 2.93 bits per heavy atom. The summed E-state index contributed by atoms with van der Waals surface area (Å²) in [4.78, 5) is 8.55. The molecule has 6 nitrogen and oxygen atoms in total. The van der Waals surface area contributed by atoms with Gasteiger partial charge in [-0.05, 0) is 38.1 Å². The predicted octanol–water partition coefficient (Wildman–Crippen LogP) is 2.37. The van der Waals surface area contributed by atoms with Gasteiger partial charge in [0.15, 0.2) is 5.96 Å². The van der Waals surface area contributed by atoms with E-state index in [9.17, 15) is 5.11 Å². The van der Waals surface area contributed by atoms with Gasteiger partial charge in [-0.3, -0.25) is 9.89 Å². The number of ether oxygens (including phenoxy) is 1. The molecule has 2 fully saturated rings. The molecule has 27 heavy (non-hydrogen) atoms. The van der Waals surface area contributed by atoms with Crippen molar-refractivity contribution in [2.45, 2.75) is 57.3 Å². The zero-order valence-corrected chi connectivity index (χ0v) is 17.4. The van der Waals surface area contributed by atoms with Gasteiger partial charge >= 0.3 is 0 Å². The normalized spacial score (nSPS) is 24.7. The van der Waals surface area contributed by atoms with Crippen LogP contribution in [0.4, 0.5) is 0 Å². The van der Waals surface area contributed by atoms with Gasteiger partial charge in [0.25, 0.3) is 0 Å². The van der Waals surface area contributed by atoms with Gasteiger partial charge in [-0.25, -0.2) is 0 Å². The highest BCUT2D eigenvalue weighted by molar-refractivity contribution is 7.10. The molecule has 0 radical (unpaired) electrons. The minimum absolute atomic E-state index is 0.264. The Kier molecular flexibility index (Phi) is 7.52. The van der Waals surface area contributed by atoms with Crippen LogP contribution in [-0.4, -0.2) is 67.0 Å². The van der Waals surface area contributed by atoms with Crippen LogP contribution in [0.1, 0.15) is 50.4 Å². The average Bonchev–Trinajstić information content (AvgIpc) is 3.32. The van der Waals surface area contributed by atoms with E-state index < -0.39 is 5.60 Å². The first-order valence-corrected chi connectivity index (χ1v) is 11.1. The summed E-state index contributed by atoms with van der Waals surface area (Å²) in [7, 11) is 0. The molecular formula is C20H34N4O2S. The minimum Gasteiger partial charge on any atom is -0.388 e. The third kappa shape index (κ3) is 5.91. The van der Waals surface area contributed by atoms with Crippen molar-refractivity contribution in [3.05, 3.63) is 22.4 Å². The highest BCUT2D eigenvalue weighted by atomic mass is 32.1. The third-order valence-corrected chi connectivity index (χ3v) is 6.43. The van der Waals surface area contributed by atoms with E-state index in [-0.39, 0.29) is 6.10 Å². The van der Waals surface area contributed by atoms with E-state index >= 15 is 0 Å². The first-order valence-electron chi connectivity index (χ1n) is 10.2. The van der Waals surface area contributed by atoms with Crippen LogP contribution in [0.15, 0.2) is 22.5 Å². The van der Waals surface area contributed by atoms with E-state index in [1.807, 2.05) is 0 Å². The molecule has 1 saturated carbocycles. The van der Waals surface area contributed by atoms with Crippen molar-refractivity contribution in [2.24, 2.45) is 4.99 Å². The molecule has 2 atom stereocenters. The van der Waals surface area contributed by atoms with Crippen LogP contribution in [0.5, 0.6) is 0 Å². The summed E-state index contributed by atoms with van der Waals surface area (Å²) in [5.41, 5.74) is -0.616. The number of hydrogen-bond acceptors (Lipinski definition) is 5. The Balaban J connectivity index is 1.64. The van der Waals surface area contributed by atoms with Crippen molar-refractivity contribution < 1.29 is 9.84 Å². The van der Waals surface area contributed by atoms with Gasteiger partial charge in [-0.15, -0.1) is 11.3 Å². The van der Waals surface area contributed by atoms with Crippen molar-refractivity contribution in [3.8, 4) is 0 Å². The van der Waals surface area contributed by atoms with Gasteiger partial charge in [0.1, 0.15) is 0 Å². The summed E-state index contributed by atoms with van der Waals surface area (Å²) >= 11 is 1.80. The molecular weight excluding hydrogens is 360 g/mol. The Morgan fingerprint density at radius 2 is 2.26 bits per heavy atom. The van der Waals surface area contributed by atoms with E-state index in [0.717, 1.165) is 64.4 Å². The molecule has 152 valence electrons. The van der Waals surface area contributed by atoms with Crippen LogP contribution in [0, 0.1) is 0 Å². The Labute approximate surface area is 167 Å². The number of thiophene rings is 1. The Hall–Kier alpha value is -1.15. The molecule has 1 aromatic rings. The first kappa shape index (κ1) is 20.6. The summed E-state index contributed by atoms with van der Waals surface area (Å²) in [6.45, 7) is 8.95. The van der Waals surface area contributed by atoms with Crippen molar-refractivity contribution in [3.63, 3.8) is 0 Å². The van der Waals surface area contributed by atoms with Gasteiger partial charge in [0.05, 0.1) is 30.9 Å². The minimum atomic E-state index is -0.616. The average molecular weight is 395 g/mol. The number of nitrogens with zero attached hydrogens (tertiary/aromatic N) is 2. The second kappa shape index (κ2) is 9.87. The quantitative estimate of drug-likeness (QED) is 0.489. The van der Waals surface area contributed by atoms with Gasteiger partial charge in [0, 0.05) is 31.1 Å². The van der Waals surface area contributed by atoms with E-state index in [1.54, 1.807) is 11.3 Å². The summed E-state index contributed by atoms with van der Waals surface area (Å²) in [5.74, 6) is 0.792. The summed E-state index contributed by atoms with van der Waals surface area (Å²) in [6, 6.07) is 4.63. The second-order valence-electron chi connectivity index (χ2n) is 7.72. The fraction of sp³-hybridized carbons (Fsp3) is 0.750. The van der Waals surface area contributed by atoms with E-state index in [4.69, 9.17) is 4.74 Å². The van der Waals surface area contributed by atoms with Crippen molar-refractivity contribution in [1.29, 1.82) is 0 Å². The molecule has 2 heterocycles. The molecule has 3 rings (SSSR count). The molecule has 7 heteroatoms. The molecule has 0 spiro atoms. The number of guanidine groups is 1. The highest BCUT2D eigenvalue weighted by Crippen LogP contribution is 2.29. The SMILES string of the molecule is CCNC(=NCC1(O)CCCC1)NCC(c1cccs1)N1CCOC(C)C1. The standard InChI is InChI=1S/C20H34N4O2S/c1-3-21-19(23-15-20(25)8-4-5-9-20)22-13-17(18-7-6-12-27-18)24-10-11-26-16(2)14-24/h6-7,12,16-17,25H,3-5,8-11,13-15H2,1-2H3,(H2,21,22,23). The van der Waals surface area contributed by atoms with Gasteiger partial charge in [-0.2, -0.15) is 0 Å². The highest BCUT2D eigenvalue weighted by Gasteiger charge is 2.31. The maximum atomic E-state index is 10.6. The smallest absolute Gasteiger partial charge is 0.191 e. The molecule has 2 aliphatic rings. The number of morpholine rings is 1. The first-order chi connectivity index (χ1) is 13.1. The van der Waals surface area contributed by atoms with Gasteiger partial charge in [0.2, 0.25) is 0 Å². The van der Waals surface area contributed by atoms with E-state index in [0.29, 0.717) is 12.6 Å². The number of aliphatic imine (C=N–C) groups is 1. The fourth-order valence-corrected chi connectivity index (χ4v) is 4.83. The predicted molar refractivity (Wildman–Crippen MR) is 111 cm³/mol.